The van der Waals surface area contributed by atoms with Crippen molar-refractivity contribution in [1.29, 1.82) is 0 Å². The van der Waals surface area contributed by atoms with Crippen LogP contribution in [0.1, 0.15) is 15.9 Å². The van der Waals surface area contributed by atoms with Gasteiger partial charge in [0, 0.05) is 23.5 Å². The van der Waals surface area contributed by atoms with Crippen LogP contribution in [0.25, 0.3) is 16.8 Å². The lowest BCUT2D eigenvalue weighted by Crippen LogP contribution is -2.20. The number of hydrogen-bond donors (Lipinski definition) is 0. The van der Waals surface area contributed by atoms with Crippen LogP contribution in [0.3, 0.4) is 0 Å². The van der Waals surface area contributed by atoms with Crippen molar-refractivity contribution in [3.8, 4) is 0 Å². The average molecular weight is 244 g/mol. The summed E-state index contributed by atoms with van der Waals surface area (Å²) in [5, 5.41) is 2.09. The molecule has 0 atom stereocenters. The Morgan fingerprint density at radius 1 is 1.24 bits per heavy atom. The molecule has 17 heavy (non-hydrogen) atoms. The third-order valence-electron chi connectivity index (χ3n) is 3.19. The number of halogens is 1. The van der Waals surface area contributed by atoms with Gasteiger partial charge < -0.3 is 4.90 Å². The van der Waals surface area contributed by atoms with Crippen LogP contribution in [0.2, 0.25) is 0 Å². The van der Waals surface area contributed by atoms with Crippen LogP contribution < -0.4 is 4.90 Å². The molecular weight excluding hydrogens is 234 g/mol. The number of nitrogens with zero attached hydrogens (tertiary/aromatic N) is 1. The number of rotatable bonds is 1. The largest absolute Gasteiger partial charge is 0.311 e. The molecule has 1 aliphatic heterocycles. The molecule has 0 aliphatic carbocycles. The molecule has 1 aliphatic rings. The highest BCUT2D eigenvalue weighted by atomic mass is 35.5. The summed E-state index contributed by atoms with van der Waals surface area (Å²) in [6, 6.07) is 9.73. The molecule has 3 heteroatoms. The molecule has 2 nitrogen and oxygen atoms in total. The van der Waals surface area contributed by atoms with E-state index in [-0.39, 0.29) is 5.91 Å². The molecule has 84 valence electrons. The first-order chi connectivity index (χ1) is 8.24. The van der Waals surface area contributed by atoms with Crippen molar-refractivity contribution in [3.05, 3.63) is 47.0 Å². The van der Waals surface area contributed by atoms with Crippen molar-refractivity contribution in [2.24, 2.45) is 0 Å². The first-order valence-electron chi connectivity index (χ1n) is 5.34. The van der Waals surface area contributed by atoms with Crippen LogP contribution in [0.4, 0.5) is 5.69 Å². The predicted molar refractivity (Wildman–Crippen MR) is 71.6 cm³/mol. The summed E-state index contributed by atoms with van der Waals surface area (Å²) < 4.78 is 0. The molecule has 0 N–H and O–H groups in total. The molecule has 1 amide bonds. The zero-order valence-electron chi connectivity index (χ0n) is 9.27. The van der Waals surface area contributed by atoms with E-state index < -0.39 is 0 Å². The van der Waals surface area contributed by atoms with Crippen LogP contribution in [-0.4, -0.2) is 13.0 Å². The van der Waals surface area contributed by atoms with Crippen LogP contribution in [0.15, 0.2) is 35.9 Å². The van der Waals surface area contributed by atoms with Crippen molar-refractivity contribution < 1.29 is 4.79 Å². The second-order valence-electron chi connectivity index (χ2n) is 4.06. The Balaban J connectivity index is 2.46. The molecular formula is C14H10ClNO. The summed E-state index contributed by atoms with van der Waals surface area (Å²) in [6.07, 6.45) is 1.84. The second kappa shape index (κ2) is 3.60. The van der Waals surface area contributed by atoms with Gasteiger partial charge in [-0.05, 0) is 29.2 Å². The van der Waals surface area contributed by atoms with Crippen molar-refractivity contribution in [2.45, 2.75) is 0 Å². The number of benzene rings is 2. The third kappa shape index (κ3) is 1.31. The smallest absolute Gasteiger partial charge is 0.258 e. The summed E-state index contributed by atoms with van der Waals surface area (Å²) in [7, 11) is 1.80. The van der Waals surface area contributed by atoms with E-state index in [4.69, 9.17) is 11.6 Å². The molecule has 0 fully saturated rings. The van der Waals surface area contributed by atoms with Crippen molar-refractivity contribution >= 4 is 40.0 Å². The van der Waals surface area contributed by atoms with E-state index >= 15 is 0 Å². The van der Waals surface area contributed by atoms with Crippen LogP contribution in [0.5, 0.6) is 0 Å². The zero-order valence-corrected chi connectivity index (χ0v) is 10.0. The van der Waals surface area contributed by atoms with E-state index in [0.717, 1.165) is 27.6 Å². The maximum Gasteiger partial charge on any atom is 0.258 e. The highest BCUT2D eigenvalue weighted by Crippen LogP contribution is 2.38. The number of carbonyl (C=O) groups is 1. The van der Waals surface area contributed by atoms with Crippen LogP contribution >= 0.6 is 11.6 Å². The highest BCUT2D eigenvalue weighted by molar-refractivity contribution is 6.28. The lowest BCUT2D eigenvalue weighted by Gasteiger charge is -2.10. The van der Waals surface area contributed by atoms with E-state index in [9.17, 15) is 4.79 Å². The van der Waals surface area contributed by atoms with E-state index in [2.05, 4.69) is 0 Å². The molecule has 0 bridgehead atoms. The normalized spacial score (nSPS) is 14.2. The second-order valence-corrected chi connectivity index (χ2v) is 4.31. The fourth-order valence-corrected chi connectivity index (χ4v) is 2.51. The maximum atomic E-state index is 12.0. The Morgan fingerprint density at radius 2 is 2.06 bits per heavy atom. The predicted octanol–water partition coefficient (Wildman–Crippen LogP) is 3.64. The van der Waals surface area contributed by atoms with Gasteiger partial charge in [0.25, 0.3) is 5.91 Å². The fourth-order valence-electron chi connectivity index (χ4n) is 2.37. The Morgan fingerprint density at radius 3 is 2.82 bits per heavy atom. The van der Waals surface area contributed by atoms with Gasteiger partial charge in [-0.1, -0.05) is 29.8 Å². The fraction of sp³-hybridized carbons (Fsp3) is 0.0714. The first kappa shape index (κ1) is 10.4. The number of hydrogen-bond acceptors (Lipinski definition) is 1. The SMILES string of the molecule is CN1C(=O)c2cccc3c(C=CCl)ccc1c23. The molecule has 0 saturated heterocycles. The molecule has 3 rings (SSSR count). The number of carbonyl (C=O) groups excluding carboxylic acids is 1. The lowest BCUT2D eigenvalue weighted by molar-refractivity contribution is 0.0999. The molecule has 2 aromatic rings. The first-order valence-corrected chi connectivity index (χ1v) is 5.78. The standard InChI is InChI=1S/C14H10ClNO/c1-16-12-6-5-9(7-8-15)10-3-2-4-11(13(10)12)14(16)17/h2-8H,1H3. The quantitative estimate of drug-likeness (QED) is 0.749. The van der Waals surface area contributed by atoms with E-state index in [1.807, 2.05) is 36.4 Å². The summed E-state index contributed by atoms with van der Waals surface area (Å²) in [5.74, 6) is 0.0533. The van der Waals surface area contributed by atoms with Crippen molar-refractivity contribution in [1.82, 2.24) is 0 Å². The Bertz CT molecular complexity index is 661. The van der Waals surface area contributed by atoms with Gasteiger partial charge >= 0.3 is 0 Å². The molecule has 1 heterocycles. The van der Waals surface area contributed by atoms with Gasteiger partial charge in [-0.2, -0.15) is 0 Å². The van der Waals surface area contributed by atoms with Crippen molar-refractivity contribution in [2.75, 3.05) is 11.9 Å². The molecule has 0 spiro atoms. The number of anilines is 1. The molecule has 2 aromatic carbocycles. The minimum absolute atomic E-state index is 0.0533. The maximum absolute atomic E-state index is 12.0. The minimum Gasteiger partial charge on any atom is -0.311 e. The Kier molecular flexibility index (Phi) is 2.20. The lowest BCUT2D eigenvalue weighted by atomic mass is 10.0. The minimum atomic E-state index is 0.0533. The summed E-state index contributed by atoms with van der Waals surface area (Å²) >= 11 is 5.63. The van der Waals surface area contributed by atoms with E-state index in [1.54, 1.807) is 11.9 Å². The van der Waals surface area contributed by atoms with Gasteiger partial charge in [-0.25, -0.2) is 0 Å². The van der Waals surface area contributed by atoms with Gasteiger partial charge in [0.05, 0.1) is 5.69 Å². The van der Waals surface area contributed by atoms with E-state index in [1.165, 1.54) is 5.54 Å². The Hall–Kier alpha value is -1.80. The third-order valence-corrected chi connectivity index (χ3v) is 3.32. The van der Waals surface area contributed by atoms with Gasteiger partial charge in [0.15, 0.2) is 0 Å². The summed E-state index contributed by atoms with van der Waals surface area (Å²) in [6.45, 7) is 0. The van der Waals surface area contributed by atoms with Gasteiger partial charge in [-0.15, -0.1) is 0 Å². The summed E-state index contributed by atoms with van der Waals surface area (Å²) in [4.78, 5) is 13.7. The van der Waals surface area contributed by atoms with E-state index in [0.29, 0.717) is 0 Å². The highest BCUT2D eigenvalue weighted by Gasteiger charge is 2.26. The summed E-state index contributed by atoms with van der Waals surface area (Å²) in [5.41, 5.74) is 4.26. The van der Waals surface area contributed by atoms with Crippen LogP contribution in [-0.2, 0) is 0 Å². The molecule has 0 unspecified atom stereocenters. The molecule has 0 aromatic heterocycles. The molecule has 0 radical (unpaired) electrons. The van der Waals surface area contributed by atoms with Gasteiger partial charge in [0.2, 0.25) is 0 Å². The monoisotopic (exact) mass is 243 g/mol. The number of amides is 1. The average Bonchev–Trinajstić information content (AvgIpc) is 2.60. The zero-order chi connectivity index (χ0) is 12.0. The molecule has 0 saturated carbocycles. The van der Waals surface area contributed by atoms with Gasteiger partial charge in [-0.3, -0.25) is 4.79 Å². The topological polar surface area (TPSA) is 20.3 Å². The van der Waals surface area contributed by atoms with Gasteiger partial charge in [0.1, 0.15) is 0 Å². The van der Waals surface area contributed by atoms with Crippen LogP contribution in [0, 0.1) is 0 Å². The van der Waals surface area contributed by atoms with Crippen molar-refractivity contribution in [3.63, 3.8) is 0 Å². The Labute approximate surface area is 104 Å².